The summed E-state index contributed by atoms with van der Waals surface area (Å²) in [5, 5.41) is 0. The van der Waals surface area contributed by atoms with E-state index in [0.29, 0.717) is 0 Å². The number of amides is 1. The second-order valence-corrected chi connectivity index (χ2v) is 5.47. The number of thioether (sulfide) groups is 1. The van der Waals surface area contributed by atoms with Crippen molar-refractivity contribution in [2.45, 2.75) is 6.92 Å². The number of carbonyl (C=O) groups is 1. The normalized spacial score (nSPS) is 10.2. The van der Waals surface area contributed by atoms with Gasteiger partial charge >= 0.3 is 0 Å². The lowest BCUT2D eigenvalue weighted by molar-refractivity contribution is 0.0803. The maximum atomic E-state index is 12.1. The number of hydrogen-bond acceptors (Lipinski definition) is 2. The van der Waals surface area contributed by atoms with E-state index in [2.05, 4.69) is 15.9 Å². The molecule has 0 unspecified atom stereocenters. The van der Waals surface area contributed by atoms with Crippen molar-refractivity contribution in [2.75, 3.05) is 25.6 Å². The molecule has 0 heterocycles. The van der Waals surface area contributed by atoms with Gasteiger partial charge in [-0.2, -0.15) is 11.8 Å². The Morgan fingerprint density at radius 3 is 2.81 bits per heavy atom. The first-order valence-corrected chi connectivity index (χ1v) is 7.26. The van der Waals surface area contributed by atoms with E-state index >= 15 is 0 Å². The second kappa shape index (κ2) is 6.30. The molecule has 0 aliphatic heterocycles. The van der Waals surface area contributed by atoms with Crippen LogP contribution in [0.1, 0.15) is 15.9 Å². The van der Waals surface area contributed by atoms with Gasteiger partial charge in [0.1, 0.15) is 0 Å². The predicted molar refractivity (Wildman–Crippen MR) is 74.2 cm³/mol. The van der Waals surface area contributed by atoms with Gasteiger partial charge in [-0.15, -0.1) is 0 Å². The molecular weight excluding hydrogens is 286 g/mol. The summed E-state index contributed by atoms with van der Waals surface area (Å²) in [4.78, 5) is 13.9. The van der Waals surface area contributed by atoms with Gasteiger partial charge in [0.15, 0.2) is 0 Å². The average molecular weight is 302 g/mol. The van der Waals surface area contributed by atoms with Gasteiger partial charge in [-0.1, -0.05) is 22.0 Å². The fourth-order valence-electron chi connectivity index (χ4n) is 1.37. The molecule has 1 amide bonds. The Kier molecular flexibility index (Phi) is 5.35. The third kappa shape index (κ3) is 3.25. The summed E-state index contributed by atoms with van der Waals surface area (Å²) in [5.74, 6) is 1.06. The minimum atomic E-state index is 0.0906. The molecule has 0 N–H and O–H groups in total. The highest BCUT2D eigenvalue weighted by atomic mass is 79.9. The highest BCUT2D eigenvalue weighted by Gasteiger charge is 2.14. The van der Waals surface area contributed by atoms with Crippen LogP contribution < -0.4 is 0 Å². The fourth-order valence-corrected chi connectivity index (χ4v) is 2.20. The number of nitrogens with zero attached hydrogens (tertiary/aromatic N) is 1. The molecule has 1 aromatic carbocycles. The summed E-state index contributed by atoms with van der Waals surface area (Å²) in [6, 6.07) is 5.72. The van der Waals surface area contributed by atoms with Crippen molar-refractivity contribution in [3.05, 3.63) is 33.8 Å². The molecule has 0 atom stereocenters. The van der Waals surface area contributed by atoms with Gasteiger partial charge in [0, 0.05) is 29.4 Å². The van der Waals surface area contributed by atoms with Crippen LogP contribution in [0.15, 0.2) is 22.7 Å². The van der Waals surface area contributed by atoms with E-state index in [4.69, 9.17) is 0 Å². The van der Waals surface area contributed by atoms with Crippen molar-refractivity contribution in [2.24, 2.45) is 0 Å². The summed E-state index contributed by atoms with van der Waals surface area (Å²) < 4.78 is 0.983. The Morgan fingerprint density at radius 2 is 2.19 bits per heavy atom. The van der Waals surface area contributed by atoms with Crippen LogP contribution in [0.2, 0.25) is 0 Å². The highest BCUT2D eigenvalue weighted by Crippen LogP contribution is 2.20. The molecule has 0 aromatic heterocycles. The number of halogens is 1. The molecule has 2 nitrogen and oxygen atoms in total. The summed E-state index contributed by atoms with van der Waals surface area (Å²) >= 11 is 5.19. The van der Waals surface area contributed by atoms with Crippen molar-refractivity contribution >= 4 is 33.6 Å². The molecule has 4 heteroatoms. The third-order valence-electron chi connectivity index (χ3n) is 2.48. The molecular formula is C12H16BrNOS. The molecule has 0 spiro atoms. The van der Waals surface area contributed by atoms with E-state index in [1.165, 1.54) is 0 Å². The van der Waals surface area contributed by atoms with E-state index in [1.54, 1.807) is 16.7 Å². The minimum absolute atomic E-state index is 0.0906. The van der Waals surface area contributed by atoms with E-state index in [-0.39, 0.29) is 5.91 Å². The van der Waals surface area contributed by atoms with Gasteiger partial charge in [0.05, 0.1) is 0 Å². The maximum absolute atomic E-state index is 12.1. The van der Waals surface area contributed by atoms with E-state index in [9.17, 15) is 4.79 Å². The smallest absolute Gasteiger partial charge is 0.253 e. The lowest BCUT2D eigenvalue weighted by Gasteiger charge is -2.18. The second-order valence-electron chi connectivity index (χ2n) is 3.63. The van der Waals surface area contributed by atoms with E-state index < -0.39 is 0 Å². The molecule has 0 bridgehead atoms. The molecule has 0 aliphatic carbocycles. The van der Waals surface area contributed by atoms with Crippen molar-refractivity contribution < 1.29 is 4.79 Å². The summed E-state index contributed by atoms with van der Waals surface area (Å²) in [6.07, 6.45) is 2.04. The van der Waals surface area contributed by atoms with Crippen LogP contribution in [0.3, 0.4) is 0 Å². The van der Waals surface area contributed by atoms with Gasteiger partial charge in [-0.05, 0) is 30.9 Å². The van der Waals surface area contributed by atoms with Crippen LogP contribution in [0.5, 0.6) is 0 Å². The Bertz CT molecular complexity index is 381. The largest absolute Gasteiger partial charge is 0.341 e. The van der Waals surface area contributed by atoms with Gasteiger partial charge in [0.2, 0.25) is 0 Å². The molecule has 0 fully saturated rings. The van der Waals surface area contributed by atoms with Crippen LogP contribution >= 0.6 is 27.7 Å². The number of benzene rings is 1. The molecule has 0 saturated heterocycles. The van der Waals surface area contributed by atoms with Gasteiger partial charge in [0.25, 0.3) is 5.91 Å². The van der Waals surface area contributed by atoms with E-state index in [1.807, 2.05) is 38.4 Å². The zero-order valence-corrected chi connectivity index (χ0v) is 12.2. The summed E-state index contributed by atoms with van der Waals surface area (Å²) in [6.45, 7) is 2.74. The minimum Gasteiger partial charge on any atom is -0.341 e. The Hall–Kier alpha value is -0.480. The molecule has 16 heavy (non-hydrogen) atoms. The zero-order valence-electron chi connectivity index (χ0n) is 9.79. The Balaban J connectivity index is 2.84. The first kappa shape index (κ1) is 13.6. The molecule has 1 rings (SSSR count). The summed E-state index contributed by atoms with van der Waals surface area (Å²) in [5.41, 5.74) is 1.78. The number of hydrogen-bond donors (Lipinski definition) is 0. The lowest BCUT2D eigenvalue weighted by Crippen LogP contribution is -2.29. The molecule has 0 saturated carbocycles. The summed E-state index contributed by atoms with van der Waals surface area (Å²) in [7, 11) is 1.85. The standard InChI is InChI=1S/C12H16BrNOS/c1-9-10(5-4-6-11(9)13)12(15)14(2)7-8-16-3/h4-6H,7-8H2,1-3H3. The van der Waals surface area contributed by atoms with Crippen molar-refractivity contribution in [1.29, 1.82) is 0 Å². The van der Waals surface area contributed by atoms with Gasteiger partial charge in [-0.3, -0.25) is 4.79 Å². The SMILES string of the molecule is CSCCN(C)C(=O)c1cccc(Br)c1C. The molecule has 1 aromatic rings. The third-order valence-corrected chi connectivity index (χ3v) is 3.93. The zero-order chi connectivity index (χ0) is 12.1. The first-order chi connectivity index (χ1) is 7.57. The van der Waals surface area contributed by atoms with Crippen LogP contribution in [0.25, 0.3) is 0 Å². The van der Waals surface area contributed by atoms with Crippen LogP contribution in [-0.4, -0.2) is 36.4 Å². The van der Waals surface area contributed by atoms with Gasteiger partial charge in [-0.25, -0.2) is 0 Å². The monoisotopic (exact) mass is 301 g/mol. The van der Waals surface area contributed by atoms with E-state index in [0.717, 1.165) is 27.9 Å². The van der Waals surface area contributed by atoms with Crippen molar-refractivity contribution in [3.8, 4) is 0 Å². The first-order valence-electron chi connectivity index (χ1n) is 5.07. The van der Waals surface area contributed by atoms with Crippen molar-refractivity contribution in [1.82, 2.24) is 4.90 Å². The quantitative estimate of drug-likeness (QED) is 0.851. The molecule has 0 radical (unpaired) electrons. The average Bonchev–Trinajstić information content (AvgIpc) is 2.28. The lowest BCUT2D eigenvalue weighted by atomic mass is 10.1. The highest BCUT2D eigenvalue weighted by molar-refractivity contribution is 9.10. The number of rotatable bonds is 4. The molecule has 0 aliphatic rings. The van der Waals surface area contributed by atoms with Crippen LogP contribution in [0.4, 0.5) is 0 Å². The van der Waals surface area contributed by atoms with Crippen molar-refractivity contribution in [3.63, 3.8) is 0 Å². The Labute approximate surface area is 110 Å². The van der Waals surface area contributed by atoms with Crippen LogP contribution in [-0.2, 0) is 0 Å². The van der Waals surface area contributed by atoms with Crippen LogP contribution in [0, 0.1) is 6.92 Å². The Morgan fingerprint density at radius 1 is 1.50 bits per heavy atom. The predicted octanol–water partition coefficient (Wildman–Crippen LogP) is 3.19. The topological polar surface area (TPSA) is 20.3 Å². The number of carbonyl (C=O) groups excluding carboxylic acids is 1. The maximum Gasteiger partial charge on any atom is 0.253 e. The fraction of sp³-hybridized carbons (Fsp3) is 0.417. The molecule has 88 valence electrons. The van der Waals surface area contributed by atoms with Gasteiger partial charge < -0.3 is 4.90 Å².